The van der Waals surface area contributed by atoms with Crippen LogP contribution in [0.3, 0.4) is 0 Å². The molecule has 0 radical (unpaired) electrons. The van der Waals surface area contributed by atoms with E-state index in [1.165, 1.54) is 5.56 Å². The van der Waals surface area contributed by atoms with E-state index in [1.807, 2.05) is 24.3 Å². The van der Waals surface area contributed by atoms with Gasteiger partial charge in [0, 0.05) is 19.0 Å². The molecule has 0 aliphatic carbocycles. The third-order valence-electron chi connectivity index (χ3n) is 4.16. The Labute approximate surface area is 148 Å². The zero-order chi connectivity index (χ0) is 18.1. The molecule has 0 aromatic heterocycles. The molecule has 0 heterocycles. The predicted octanol–water partition coefficient (Wildman–Crippen LogP) is 3.32. The molecule has 0 bridgehead atoms. The van der Waals surface area contributed by atoms with Gasteiger partial charge in [-0.2, -0.15) is 0 Å². The molecule has 0 atom stereocenters. The number of unbranched alkanes of at least 4 members (excludes halogenated alkanes) is 2. The first kappa shape index (κ1) is 18.7. The molecule has 5 nitrogen and oxygen atoms in total. The number of aryl methyl sites for hydroxylation is 1. The summed E-state index contributed by atoms with van der Waals surface area (Å²) < 4.78 is 0. The molecular formula is C20H24N2O3. The summed E-state index contributed by atoms with van der Waals surface area (Å²) in [4.78, 5) is 22.5. The van der Waals surface area contributed by atoms with E-state index < -0.39 is 0 Å². The number of rotatable bonds is 8. The van der Waals surface area contributed by atoms with Crippen molar-refractivity contribution >= 4 is 11.8 Å². The van der Waals surface area contributed by atoms with Gasteiger partial charge >= 0.3 is 0 Å². The molecule has 2 aromatic carbocycles. The maximum Gasteiger partial charge on any atom is 0.251 e. The summed E-state index contributed by atoms with van der Waals surface area (Å²) >= 11 is 0. The average molecular weight is 340 g/mol. The molecule has 0 aliphatic rings. The van der Waals surface area contributed by atoms with Crippen molar-refractivity contribution < 1.29 is 14.8 Å². The molecule has 0 aliphatic heterocycles. The van der Waals surface area contributed by atoms with Crippen LogP contribution in [0.25, 0.3) is 11.1 Å². The molecule has 25 heavy (non-hydrogen) atoms. The minimum absolute atomic E-state index is 0.0848. The molecule has 132 valence electrons. The van der Waals surface area contributed by atoms with Crippen LogP contribution in [0.1, 0.15) is 41.6 Å². The number of carbonyl (C=O) groups is 2. The standard InChI is InChI=1S/C20H24N2O3/c1-21-20(24)18-13-11-17(12-14-18)16-9-7-15(8-10-16)5-3-2-4-6-19(23)22-25/h7-14,25H,2-6H2,1H3,(H,21,24)(H,22,23). The van der Waals surface area contributed by atoms with E-state index in [0.29, 0.717) is 12.0 Å². The Balaban J connectivity index is 1.85. The second-order valence-electron chi connectivity index (χ2n) is 5.95. The van der Waals surface area contributed by atoms with Crippen LogP contribution in [0.4, 0.5) is 0 Å². The summed E-state index contributed by atoms with van der Waals surface area (Å²) in [6.45, 7) is 0. The fraction of sp³-hybridized carbons (Fsp3) is 0.300. The Morgan fingerprint density at radius 2 is 1.48 bits per heavy atom. The molecule has 5 heteroatoms. The fourth-order valence-corrected chi connectivity index (χ4v) is 2.67. The molecular weight excluding hydrogens is 316 g/mol. The Hall–Kier alpha value is -2.66. The van der Waals surface area contributed by atoms with Crippen molar-refractivity contribution in [2.45, 2.75) is 32.1 Å². The van der Waals surface area contributed by atoms with Crippen LogP contribution in [0, 0.1) is 0 Å². The van der Waals surface area contributed by atoms with Gasteiger partial charge in [-0.25, -0.2) is 5.48 Å². The van der Waals surface area contributed by atoms with Crippen LogP contribution >= 0.6 is 0 Å². The van der Waals surface area contributed by atoms with Gasteiger partial charge in [0.2, 0.25) is 5.91 Å². The van der Waals surface area contributed by atoms with Crippen molar-refractivity contribution in [2.24, 2.45) is 0 Å². The summed E-state index contributed by atoms with van der Waals surface area (Å²) in [6.07, 6.45) is 4.08. The van der Waals surface area contributed by atoms with Gasteiger partial charge in [-0.05, 0) is 48.1 Å². The van der Waals surface area contributed by atoms with Crippen LogP contribution in [0.5, 0.6) is 0 Å². The Morgan fingerprint density at radius 3 is 2.04 bits per heavy atom. The average Bonchev–Trinajstić information content (AvgIpc) is 2.67. The third-order valence-corrected chi connectivity index (χ3v) is 4.16. The largest absolute Gasteiger partial charge is 0.355 e. The lowest BCUT2D eigenvalue weighted by atomic mass is 10.00. The van der Waals surface area contributed by atoms with Crippen molar-refractivity contribution in [3.8, 4) is 11.1 Å². The van der Waals surface area contributed by atoms with Gasteiger partial charge in [-0.15, -0.1) is 0 Å². The van der Waals surface area contributed by atoms with Gasteiger partial charge in [-0.3, -0.25) is 14.8 Å². The van der Waals surface area contributed by atoms with Gasteiger partial charge in [0.05, 0.1) is 0 Å². The lowest BCUT2D eigenvalue weighted by Gasteiger charge is -2.06. The second-order valence-corrected chi connectivity index (χ2v) is 5.95. The van der Waals surface area contributed by atoms with Crippen LogP contribution in [-0.4, -0.2) is 24.1 Å². The molecule has 2 rings (SSSR count). The van der Waals surface area contributed by atoms with Crippen molar-refractivity contribution in [3.05, 3.63) is 59.7 Å². The molecule has 0 spiro atoms. The summed E-state index contributed by atoms with van der Waals surface area (Å²) in [5.41, 5.74) is 5.75. The van der Waals surface area contributed by atoms with Gasteiger partial charge in [0.1, 0.15) is 0 Å². The lowest BCUT2D eigenvalue weighted by Crippen LogP contribution is -2.17. The highest BCUT2D eigenvalue weighted by Crippen LogP contribution is 2.21. The third kappa shape index (κ3) is 5.72. The van der Waals surface area contributed by atoms with Gasteiger partial charge in [0.15, 0.2) is 0 Å². The SMILES string of the molecule is CNC(=O)c1ccc(-c2ccc(CCCCCC(=O)NO)cc2)cc1. The highest BCUT2D eigenvalue weighted by Gasteiger charge is 2.04. The normalized spacial score (nSPS) is 10.3. The lowest BCUT2D eigenvalue weighted by molar-refractivity contribution is -0.129. The minimum Gasteiger partial charge on any atom is -0.355 e. The first-order valence-electron chi connectivity index (χ1n) is 8.48. The van der Waals surface area contributed by atoms with Crippen LogP contribution in [0.2, 0.25) is 0 Å². The summed E-state index contributed by atoms with van der Waals surface area (Å²) in [5.74, 6) is -0.412. The predicted molar refractivity (Wildman–Crippen MR) is 97.4 cm³/mol. The van der Waals surface area contributed by atoms with E-state index in [9.17, 15) is 9.59 Å². The fourth-order valence-electron chi connectivity index (χ4n) is 2.67. The topological polar surface area (TPSA) is 78.4 Å². The van der Waals surface area contributed by atoms with Crippen molar-refractivity contribution in [1.29, 1.82) is 0 Å². The minimum atomic E-state index is -0.327. The summed E-state index contributed by atoms with van der Waals surface area (Å²) in [5, 5.41) is 11.0. The Kier molecular flexibility index (Phi) is 7.16. The second kappa shape index (κ2) is 9.59. The van der Waals surface area contributed by atoms with Crippen LogP contribution < -0.4 is 10.8 Å². The van der Waals surface area contributed by atoms with E-state index in [-0.39, 0.29) is 11.8 Å². The Bertz CT molecular complexity index is 694. The molecule has 3 N–H and O–H groups in total. The quantitative estimate of drug-likeness (QED) is 0.392. The van der Waals surface area contributed by atoms with Gasteiger partial charge in [-0.1, -0.05) is 42.8 Å². The Morgan fingerprint density at radius 1 is 0.880 bits per heavy atom. The summed E-state index contributed by atoms with van der Waals surface area (Å²) in [6, 6.07) is 15.9. The molecule has 0 unspecified atom stereocenters. The van der Waals surface area contributed by atoms with E-state index >= 15 is 0 Å². The van der Waals surface area contributed by atoms with E-state index in [2.05, 4.69) is 29.6 Å². The molecule has 0 fully saturated rings. The number of hydrogen-bond acceptors (Lipinski definition) is 3. The van der Waals surface area contributed by atoms with Gasteiger partial charge in [0.25, 0.3) is 5.91 Å². The number of nitrogens with one attached hydrogen (secondary N) is 2. The molecule has 0 saturated carbocycles. The number of benzene rings is 2. The summed E-state index contributed by atoms with van der Waals surface area (Å²) in [7, 11) is 1.62. The highest BCUT2D eigenvalue weighted by atomic mass is 16.5. The van der Waals surface area contributed by atoms with E-state index in [0.717, 1.165) is 36.8 Å². The van der Waals surface area contributed by atoms with E-state index in [4.69, 9.17) is 5.21 Å². The number of carbonyl (C=O) groups excluding carboxylic acids is 2. The number of amides is 2. The first-order chi connectivity index (χ1) is 12.1. The monoisotopic (exact) mass is 340 g/mol. The van der Waals surface area contributed by atoms with Crippen molar-refractivity contribution in [3.63, 3.8) is 0 Å². The van der Waals surface area contributed by atoms with Gasteiger partial charge < -0.3 is 5.32 Å². The maximum absolute atomic E-state index is 11.6. The van der Waals surface area contributed by atoms with E-state index in [1.54, 1.807) is 12.5 Å². The van der Waals surface area contributed by atoms with Crippen molar-refractivity contribution in [2.75, 3.05) is 7.05 Å². The molecule has 2 amide bonds. The maximum atomic E-state index is 11.6. The smallest absolute Gasteiger partial charge is 0.251 e. The molecule has 2 aromatic rings. The van der Waals surface area contributed by atoms with Crippen LogP contribution in [-0.2, 0) is 11.2 Å². The van der Waals surface area contributed by atoms with Crippen LogP contribution in [0.15, 0.2) is 48.5 Å². The van der Waals surface area contributed by atoms with Crippen molar-refractivity contribution in [1.82, 2.24) is 10.8 Å². The zero-order valence-electron chi connectivity index (χ0n) is 14.4. The number of hydrogen-bond donors (Lipinski definition) is 3. The zero-order valence-corrected chi connectivity index (χ0v) is 14.4. The first-order valence-corrected chi connectivity index (χ1v) is 8.48. The highest BCUT2D eigenvalue weighted by molar-refractivity contribution is 5.94. The number of hydroxylamine groups is 1. The molecule has 0 saturated heterocycles.